The second-order valence-electron chi connectivity index (χ2n) is 2.97. The molecule has 0 fully saturated rings. The average Bonchev–Trinajstić information content (AvgIpc) is 2.11. The third kappa shape index (κ3) is 2.31. The van der Waals surface area contributed by atoms with E-state index in [9.17, 15) is 0 Å². The molecule has 0 bridgehead atoms. The van der Waals surface area contributed by atoms with E-state index in [-0.39, 0.29) is 0 Å². The fourth-order valence-electron chi connectivity index (χ4n) is 1.29. The van der Waals surface area contributed by atoms with Crippen LogP contribution in [-0.4, -0.2) is 13.0 Å². The Balaban J connectivity index is 3.05. The maximum Gasteiger partial charge on any atom is 0.122 e. The Labute approximate surface area is 84.7 Å². The summed E-state index contributed by atoms with van der Waals surface area (Å²) >= 11 is 4.12. The van der Waals surface area contributed by atoms with Gasteiger partial charge in [0.05, 0.1) is 13.0 Å². The van der Waals surface area contributed by atoms with Gasteiger partial charge in [-0.1, -0.05) is 0 Å². The molecule has 72 valence electrons. The van der Waals surface area contributed by atoms with E-state index >= 15 is 0 Å². The fraction of sp³-hybridized carbons (Fsp3) is 0.400. The molecule has 0 spiro atoms. The van der Waals surface area contributed by atoms with Gasteiger partial charge in [-0.3, -0.25) is 0 Å². The van der Waals surface area contributed by atoms with E-state index in [2.05, 4.69) is 24.0 Å². The number of hydrogen-bond donors (Lipinski definition) is 2. The Morgan fingerprint density at radius 1 is 1.31 bits per heavy atom. The molecule has 13 heavy (non-hydrogen) atoms. The Morgan fingerprint density at radius 2 is 2.00 bits per heavy atom. The van der Waals surface area contributed by atoms with Crippen molar-refractivity contribution in [2.75, 3.05) is 18.3 Å². The summed E-state index contributed by atoms with van der Waals surface area (Å²) in [5.74, 6) is 1.58. The standard InChI is InChI=1S/C10H15NOS/c1-7-5-10(12-3)8(2)4-9(7)11-6-13/h4-5,11,13H,6H2,1-3H3. The van der Waals surface area contributed by atoms with Crippen LogP contribution in [0.2, 0.25) is 0 Å². The molecule has 0 saturated carbocycles. The van der Waals surface area contributed by atoms with Gasteiger partial charge in [0.1, 0.15) is 5.75 Å². The van der Waals surface area contributed by atoms with Gasteiger partial charge in [0, 0.05) is 5.69 Å². The minimum atomic E-state index is 0.645. The molecule has 0 aliphatic heterocycles. The molecular weight excluding hydrogens is 182 g/mol. The van der Waals surface area contributed by atoms with Gasteiger partial charge in [-0.05, 0) is 37.1 Å². The zero-order valence-corrected chi connectivity index (χ0v) is 9.11. The summed E-state index contributed by atoms with van der Waals surface area (Å²) in [6, 6.07) is 4.10. The Kier molecular flexibility index (Phi) is 3.48. The van der Waals surface area contributed by atoms with Crippen molar-refractivity contribution in [2.24, 2.45) is 0 Å². The molecular formula is C10H15NOS. The van der Waals surface area contributed by atoms with E-state index in [1.807, 2.05) is 19.9 Å². The van der Waals surface area contributed by atoms with Crippen LogP contribution in [0.25, 0.3) is 0 Å². The predicted octanol–water partition coefficient (Wildman–Crippen LogP) is 2.61. The molecule has 1 N–H and O–H groups in total. The van der Waals surface area contributed by atoms with Gasteiger partial charge in [-0.2, -0.15) is 12.6 Å². The molecule has 0 amide bonds. The van der Waals surface area contributed by atoms with Crippen LogP contribution in [0.5, 0.6) is 5.75 Å². The summed E-state index contributed by atoms with van der Waals surface area (Å²) in [6.07, 6.45) is 0. The Bertz CT molecular complexity index is 299. The van der Waals surface area contributed by atoms with Crippen LogP contribution in [0, 0.1) is 13.8 Å². The van der Waals surface area contributed by atoms with Crippen molar-refractivity contribution in [3.05, 3.63) is 23.3 Å². The van der Waals surface area contributed by atoms with Crippen LogP contribution >= 0.6 is 12.6 Å². The minimum Gasteiger partial charge on any atom is -0.496 e. The predicted molar refractivity (Wildman–Crippen MR) is 59.9 cm³/mol. The molecule has 1 aromatic carbocycles. The third-order valence-electron chi connectivity index (χ3n) is 2.01. The summed E-state index contributed by atoms with van der Waals surface area (Å²) < 4.78 is 5.21. The van der Waals surface area contributed by atoms with Gasteiger partial charge in [0.15, 0.2) is 0 Å². The molecule has 1 aromatic rings. The first-order valence-corrected chi connectivity index (χ1v) is 4.82. The van der Waals surface area contributed by atoms with Gasteiger partial charge in [0.2, 0.25) is 0 Å². The lowest BCUT2D eigenvalue weighted by Crippen LogP contribution is -1.98. The highest BCUT2D eigenvalue weighted by atomic mass is 32.1. The maximum atomic E-state index is 5.21. The highest BCUT2D eigenvalue weighted by Gasteiger charge is 2.03. The number of methoxy groups -OCH3 is 1. The minimum absolute atomic E-state index is 0.645. The molecule has 0 aliphatic carbocycles. The summed E-state index contributed by atoms with van der Waals surface area (Å²) in [4.78, 5) is 0. The van der Waals surface area contributed by atoms with E-state index in [0.717, 1.165) is 17.0 Å². The summed E-state index contributed by atoms with van der Waals surface area (Å²) in [5.41, 5.74) is 3.43. The number of benzene rings is 1. The Hall–Kier alpha value is -0.830. The van der Waals surface area contributed by atoms with E-state index < -0.39 is 0 Å². The first-order valence-electron chi connectivity index (χ1n) is 4.19. The fourth-order valence-corrected chi connectivity index (χ4v) is 1.46. The van der Waals surface area contributed by atoms with Crippen molar-refractivity contribution < 1.29 is 4.74 Å². The van der Waals surface area contributed by atoms with Crippen molar-refractivity contribution in [3.8, 4) is 5.75 Å². The number of thiol groups is 1. The Morgan fingerprint density at radius 3 is 2.54 bits per heavy atom. The highest BCUT2D eigenvalue weighted by Crippen LogP contribution is 2.25. The SMILES string of the molecule is COc1cc(C)c(NCS)cc1C. The molecule has 0 heterocycles. The van der Waals surface area contributed by atoms with Crippen molar-refractivity contribution in [3.63, 3.8) is 0 Å². The summed E-state index contributed by atoms with van der Waals surface area (Å²) in [6.45, 7) is 4.08. The smallest absolute Gasteiger partial charge is 0.122 e. The normalized spacial score (nSPS) is 9.85. The number of rotatable bonds is 3. The van der Waals surface area contributed by atoms with E-state index in [1.165, 1.54) is 5.56 Å². The largest absolute Gasteiger partial charge is 0.496 e. The van der Waals surface area contributed by atoms with Crippen molar-refractivity contribution in [1.29, 1.82) is 0 Å². The van der Waals surface area contributed by atoms with Gasteiger partial charge < -0.3 is 10.1 Å². The third-order valence-corrected chi connectivity index (χ3v) is 2.17. The summed E-state index contributed by atoms with van der Waals surface area (Å²) in [7, 11) is 1.69. The topological polar surface area (TPSA) is 21.3 Å². The zero-order valence-electron chi connectivity index (χ0n) is 8.22. The number of ether oxygens (including phenoxy) is 1. The summed E-state index contributed by atoms with van der Waals surface area (Å²) in [5, 5.41) is 3.18. The first kappa shape index (κ1) is 10.3. The molecule has 0 aliphatic rings. The molecule has 0 radical (unpaired) electrons. The van der Waals surface area contributed by atoms with Gasteiger partial charge in [-0.25, -0.2) is 0 Å². The lowest BCUT2D eigenvalue weighted by Gasteiger charge is -2.11. The molecule has 0 saturated heterocycles. The van der Waals surface area contributed by atoms with Crippen LogP contribution in [0.15, 0.2) is 12.1 Å². The van der Waals surface area contributed by atoms with Gasteiger partial charge in [-0.15, -0.1) is 0 Å². The molecule has 0 unspecified atom stereocenters. The highest BCUT2D eigenvalue weighted by molar-refractivity contribution is 7.80. The van der Waals surface area contributed by atoms with Gasteiger partial charge in [0.25, 0.3) is 0 Å². The lowest BCUT2D eigenvalue weighted by molar-refractivity contribution is 0.411. The maximum absolute atomic E-state index is 5.21. The van der Waals surface area contributed by atoms with E-state index in [0.29, 0.717) is 5.88 Å². The van der Waals surface area contributed by atoms with Crippen LogP contribution in [0.4, 0.5) is 5.69 Å². The average molecular weight is 197 g/mol. The van der Waals surface area contributed by atoms with Crippen LogP contribution in [0.3, 0.4) is 0 Å². The van der Waals surface area contributed by atoms with Crippen LogP contribution in [-0.2, 0) is 0 Å². The molecule has 1 rings (SSSR count). The van der Waals surface area contributed by atoms with Crippen molar-refractivity contribution in [2.45, 2.75) is 13.8 Å². The number of aryl methyl sites for hydroxylation is 2. The van der Waals surface area contributed by atoms with E-state index in [4.69, 9.17) is 4.74 Å². The second-order valence-corrected chi connectivity index (χ2v) is 3.29. The quantitative estimate of drug-likeness (QED) is 0.574. The lowest BCUT2D eigenvalue weighted by atomic mass is 10.1. The molecule has 2 nitrogen and oxygen atoms in total. The van der Waals surface area contributed by atoms with Crippen molar-refractivity contribution in [1.82, 2.24) is 0 Å². The first-order chi connectivity index (χ1) is 6.19. The number of nitrogens with one attached hydrogen (secondary N) is 1. The van der Waals surface area contributed by atoms with Crippen LogP contribution in [0.1, 0.15) is 11.1 Å². The monoisotopic (exact) mass is 197 g/mol. The number of anilines is 1. The van der Waals surface area contributed by atoms with Gasteiger partial charge >= 0.3 is 0 Å². The molecule has 3 heteroatoms. The molecule has 0 aromatic heterocycles. The number of hydrogen-bond acceptors (Lipinski definition) is 3. The van der Waals surface area contributed by atoms with Crippen molar-refractivity contribution >= 4 is 18.3 Å². The second kappa shape index (κ2) is 4.42. The zero-order chi connectivity index (χ0) is 9.84. The van der Waals surface area contributed by atoms with E-state index in [1.54, 1.807) is 7.11 Å². The van der Waals surface area contributed by atoms with Crippen LogP contribution < -0.4 is 10.1 Å². The molecule has 0 atom stereocenters.